The summed E-state index contributed by atoms with van der Waals surface area (Å²) in [6.45, 7) is 0. The molecule has 0 saturated heterocycles. The van der Waals surface area contributed by atoms with E-state index in [1.165, 1.54) is 6.07 Å². The first-order valence-electron chi connectivity index (χ1n) is 2.89. The van der Waals surface area contributed by atoms with Gasteiger partial charge in [0.25, 0.3) is 0 Å². The summed E-state index contributed by atoms with van der Waals surface area (Å²) in [5, 5.41) is 10.4. The molecule has 0 unspecified atom stereocenters. The average Bonchev–Trinajstić information content (AvgIpc) is 2.04. The Morgan fingerprint density at radius 2 is 1.92 bits per heavy atom. The fourth-order valence-electron chi connectivity index (χ4n) is 0.721. The molecular weight excluding hydrogens is 316 g/mol. The van der Waals surface area contributed by atoms with Gasteiger partial charge < -0.3 is 0 Å². The van der Waals surface area contributed by atoms with E-state index in [4.69, 9.17) is 17.8 Å². The molecule has 0 amide bonds. The maximum atomic E-state index is 10.4. The first-order valence-corrected chi connectivity index (χ1v) is 9.43. The monoisotopic (exact) mass is 319 g/mol. The third kappa shape index (κ3) is 2.21. The van der Waals surface area contributed by atoms with Crippen LogP contribution in [-0.2, 0) is 0 Å². The second-order valence-corrected chi connectivity index (χ2v) is 9.01. The summed E-state index contributed by atoms with van der Waals surface area (Å²) in [6.07, 6.45) is 0. The van der Waals surface area contributed by atoms with E-state index in [0.29, 0.717) is 3.57 Å². The van der Waals surface area contributed by atoms with Crippen LogP contribution in [-0.4, -0.2) is 4.92 Å². The van der Waals surface area contributed by atoms with E-state index in [1.807, 2.05) is 0 Å². The molecule has 1 aromatic rings. The molecule has 0 bridgehead atoms. The van der Waals surface area contributed by atoms with Crippen molar-refractivity contribution in [2.75, 3.05) is 0 Å². The number of nitro groups is 1. The van der Waals surface area contributed by atoms with Crippen molar-refractivity contribution in [2.45, 2.75) is 0 Å². The SMILES string of the molecule is O=[N+]([O-])c1ccccc1I(Cl)Cl. The summed E-state index contributed by atoms with van der Waals surface area (Å²) in [7, 11) is 11.3. The van der Waals surface area contributed by atoms with E-state index in [0.717, 1.165) is 0 Å². The molecule has 0 saturated carbocycles. The molecular formula is C6H4Cl2INO2. The molecule has 0 aliphatic heterocycles. The Hall–Kier alpha value is -0.0700. The summed E-state index contributed by atoms with van der Waals surface area (Å²) in [5.41, 5.74) is 0.0210. The quantitative estimate of drug-likeness (QED) is 0.475. The van der Waals surface area contributed by atoms with Crippen molar-refractivity contribution in [1.82, 2.24) is 0 Å². The van der Waals surface area contributed by atoms with Crippen LogP contribution >= 0.6 is 35.4 Å². The number of rotatable bonds is 2. The molecule has 6 heteroatoms. The van der Waals surface area contributed by atoms with Crippen LogP contribution in [0, 0.1) is 13.7 Å². The topological polar surface area (TPSA) is 43.1 Å². The molecule has 0 spiro atoms. The number of hydrogen-bond acceptors (Lipinski definition) is 2. The minimum atomic E-state index is -2.28. The Kier molecular flexibility index (Phi) is 3.54. The second-order valence-electron chi connectivity index (χ2n) is 1.91. The van der Waals surface area contributed by atoms with Crippen LogP contribution in [0.5, 0.6) is 0 Å². The second kappa shape index (κ2) is 4.25. The van der Waals surface area contributed by atoms with Gasteiger partial charge in [-0.2, -0.15) is 0 Å². The molecule has 0 fully saturated rings. The van der Waals surface area contributed by atoms with Crippen LogP contribution < -0.4 is 0 Å². The number of halogens is 3. The van der Waals surface area contributed by atoms with Gasteiger partial charge >= 0.3 is 83.9 Å². The zero-order chi connectivity index (χ0) is 9.14. The Bertz CT molecular complexity index is 305. The van der Waals surface area contributed by atoms with E-state index < -0.39 is 22.5 Å². The van der Waals surface area contributed by atoms with E-state index >= 15 is 0 Å². The van der Waals surface area contributed by atoms with E-state index in [1.54, 1.807) is 18.2 Å². The summed E-state index contributed by atoms with van der Waals surface area (Å²) in [4.78, 5) is 9.97. The van der Waals surface area contributed by atoms with Gasteiger partial charge in [-0.25, -0.2) is 0 Å². The van der Waals surface area contributed by atoms with Crippen molar-refractivity contribution in [3.63, 3.8) is 0 Å². The Morgan fingerprint density at radius 3 is 2.33 bits per heavy atom. The molecule has 0 N–H and O–H groups in total. The van der Waals surface area contributed by atoms with Crippen LogP contribution in [0.1, 0.15) is 0 Å². The van der Waals surface area contributed by atoms with Gasteiger partial charge in [-0.15, -0.1) is 0 Å². The van der Waals surface area contributed by atoms with E-state index in [2.05, 4.69) is 0 Å². The summed E-state index contributed by atoms with van der Waals surface area (Å²) in [5.74, 6) is 0. The third-order valence-electron chi connectivity index (χ3n) is 1.20. The van der Waals surface area contributed by atoms with Gasteiger partial charge in [0.05, 0.1) is 0 Å². The summed E-state index contributed by atoms with van der Waals surface area (Å²) in [6, 6.07) is 6.29. The van der Waals surface area contributed by atoms with Crippen molar-refractivity contribution in [2.24, 2.45) is 0 Å². The number of nitro benzene ring substituents is 1. The van der Waals surface area contributed by atoms with Crippen LogP contribution in [0.25, 0.3) is 0 Å². The molecule has 12 heavy (non-hydrogen) atoms. The van der Waals surface area contributed by atoms with E-state index in [-0.39, 0.29) is 5.69 Å². The predicted molar refractivity (Wildman–Crippen MR) is 57.5 cm³/mol. The maximum absolute atomic E-state index is 10.4. The molecule has 1 aromatic carbocycles. The molecule has 66 valence electrons. The first kappa shape index (κ1) is 10.0. The molecule has 3 nitrogen and oxygen atoms in total. The third-order valence-corrected chi connectivity index (χ3v) is 5.06. The molecule has 0 aliphatic carbocycles. The van der Waals surface area contributed by atoms with Crippen molar-refractivity contribution < 1.29 is 4.92 Å². The number of hydrogen-bond donors (Lipinski definition) is 0. The van der Waals surface area contributed by atoms with Gasteiger partial charge in [-0.05, 0) is 0 Å². The molecule has 1 rings (SSSR count). The van der Waals surface area contributed by atoms with Crippen molar-refractivity contribution in [1.29, 1.82) is 0 Å². The normalized spacial score (nSPS) is 11.0. The first-order chi connectivity index (χ1) is 5.63. The van der Waals surface area contributed by atoms with Gasteiger partial charge in [0, 0.05) is 0 Å². The van der Waals surface area contributed by atoms with Crippen molar-refractivity contribution in [3.05, 3.63) is 37.9 Å². The molecule has 0 aromatic heterocycles. The van der Waals surface area contributed by atoms with Gasteiger partial charge in [0.1, 0.15) is 0 Å². The Morgan fingerprint density at radius 1 is 1.33 bits per heavy atom. The predicted octanol–water partition coefficient (Wildman–Crippen LogP) is 3.58. The Labute approximate surface area is 83.6 Å². The fraction of sp³-hybridized carbons (Fsp3) is 0. The van der Waals surface area contributed by atoms with Crippen LogP contribution in [0.3, 0.4) is 0 Å². The minimum absolute atomic E-state index is 0.0210. The number of para-hydroxylation sites is 1. The zero-order valence-corrected chi connectivity index (χ0v) is 9.38. The summed E-state index contributed by atoms with van der Waals surface area (Å²) < 4.78 is 0.482. The summed E-state index contributed by atoms with van der Waals surface area (Å²) >= 11 is -2.28. The average molecular weight is 320 g/mol. The van der Waals surface area contributed by atoms with Gasteiger partial charge in [0.2, 0.25) is 0 Å². The van der Waals surface area contributed by atoms with Crippen molar-refractivity contribution >= 4 is 41.1 Å². The fourth-order valence-corrected chi connectivity index (χ4v) is 3.62. The molecule has 0 heterocycles. The van der Waals surface area contributed by atoms with Crippen LogP contribution in [0.4, 0.5) is 5.69 Å². The molecule has 0 aliphatic rings. The van der Waals surface area contributed by atoms with Gasteiger partial charge in [0.15, 0.2) is 0 Å². The number of nitrogens with zero attached hydrogens (tertiary/aromatic N) is 1. The van der Waals surface area contributed by atoms with Crippen LogP contribution in [0.15, 0.2) is 24.3 Å². The zero-order valence-electron chi connectivity index (χ0n) is 5.71. The molecule has 0 radical (unpaired) electrons. The molecule has 0 atom stereocenters. The van der Waals surface area contributed by atoms with Crippen LogP contribution in [0.2, 0.25) is 0 Å². The Balaban J connectivity index is 3.17. The number of benzene rings is 1. The van der Waals surface area contributed by atoms with Gasteiger partial charge in [-0.3, -0.25) is 0 Å². The standard InChI is InChI=1S/C6H4Cl2INO2/c7-9(8)5-3-1-2-4-6(5)10(11)12/h1-4H. The van der Waals surface area contributed by atoms with Gasteiger partial charge in [-0.1, -0.05) is 0 Å². The van der Waals surface area contributed by atoms with E-state index in [9.17, 15) is 10.1 Å². The van der Waals surface area contributed by atoms with Crippen molar-refractivity contribution in [3.8, 4) is 0 Å².